The van der Waals surface area contributed by atoms with Crippen molar-refractivity contribution in [3.05, 3.63) is 71.1 Å². The number of aldehydes is 1. The second-order valence-electron chi connectivity index (χ2n) is 5.68. The number of anilines is 1. The maximum atomic E-state index is 12.3. The Bertz CT molecular complexity index is 952. The van der Waals surface area contributed by atoms with Crippen molar-refractivity contribution in [3.8, 4) is 11.3 Å². The predicted octanol–water partition coefficient (Wildman–Crippen LogP) is 3.81. The van der Waals surface area contributed by atoms with Crippen LogP contribution in [0.25, 0.3) is 11.3 Å². The van der Waals surface area contributed by atoms with E-state index in [0.717, 1.165) is 11.3 Å². The molecule has 0 saturated carbocycles. The lowest BCUT2D eigenvalue weighted by molar-refractivity contribution is -0.123. The number of nitrogens with zero attached hydrogens (tertiary/aromatic N) is 1. The molecule has 3 rings (SSSR count). The van der Waals surface area contributed by atoms with E-state index in [1.54, 1.807) is 0 Å². The Hall–Kier alpha value is -3.32. The Morgan fingerprint density at radius 3 is 2.48 bits per heavy atom. The quantitative estimate of drug-likeness (QED) is 0.519. The predicted molar refractivity (Wildman–Crippen MR) is 103 cm³/mol. The number of hydrogen-bond acceptors (Lipinski definition) is 6. The van der Waals surface area contributed by atoms with E-state index in [2.05, 4.69) is 10.3 Å². The maximum Gasteiger partial charge on any atom is 0.338 e. The van der Waals surface area contributed by atoms with Gasteiger partial charge in [-0.25, -0.2) is 9.78 Å². The van der Waals surface area contributed by atoms with Crippen molar-refractivity contribution >= 4 is 34.6 Å². The van der Waals surface area contributed by atoms with Gasteiger partial charge in [-0.1, -0.05) is 42.5 Å². The molecule has 0 aliphatic carbocycles. The summed E-state index contributed by atoms with van der Waals surface area (Å²) in [5.74, 6) is -1.11. The number of rotatable bonds is 6. The van der Waals surface area contributed by atoms with Crippen LogP contribution in [-0.4, -0.2) is 29.3 Å². The lowest BCUT2D eigenvalue weighted by Gasteiger charge is -2.12. The largest absolute Gasteiger partial charge is 0.449 e. The van der Waals surface area contributed by atoms with Crippen LogP contribution in [0.3, 0.4) is 0 Å². The van der Waals surface area contributed by atoms with Gasteiger partial charge >= 0.3 is 5.97 Å². The van der Waals surface area contributed by atoms with Crippen LogP contribution in [0, 0.1) is 0 Å². The van der Waals surface area contributed by atoms with Crippen molar-refractivity contribution in [2.45, 2.75) is 13.0 Å². The SMILES string of the molecule is CC(OC(=O)c1ccc(C=O)cc1)C(=O)Nc1nc(-c2ccccc2)cs1. The molecular weight excluding hydrogens is 364 g/mol. The van der Waals surface area contributed by atoms with Crippen LogP contribution in [0.1, 0.15) is 27.6 Å². The molecule has 136 valence electrons. The monoisotopic (exact) mass is 380 g/mol. The van der Waals surface area contributed by atoms with Crippen molar-refractivity contribution in [1.82, 2.24) is 4.98 Å². The third kappa shape index (κ3) is 4.65. The second-order valence-corrected chi connectivity index (χ2v) is 6.54. The first kappa shape index (κ1) is 18.5. The van der Waals surface area contributed by atoms with Gasteiger partial charge in [-0.3, -0.25) is 14.9 Å². The van der Waals surface area contributed by atoms with Gasteiger partial charge in [0, 0.05) is 16.5 Å². The van der Waals surface area contributed by atoms with Crippen LogP contribution in [0.15, 0.2) is 60.0 Å². The van der Waals surface area contributed by atoms with Crippen molar-refractivity contribution in [2.24, 2.45) is 0 Å². The van der Waals surface area contributed by atoms with Crippen LogP contribution in [0.4, 0.5) is 5.13 Å². The number of carbonyl (C=O) groups excluding carboxylic acids is 3. The van der Waals surface area contributed by atoms with Gasteiger partial charge in [-0.05, 0) is 19.1 Å². The molecule has 1 amide bonds. The highest BCUT2D eigenvalue weighted by atomic mass is 32.1. The van der Waals surface area contributed by atoms with Crippen LogP contribution in [0.5, 0.6) is 0 Å². The summed E-state index contributed by atoms with van der Waals surface area (Å²) >= 11 is 1.29. The fourth-order valence-corrected chi connectivity index (χ4v) is 2.98. The summed E-state index contributed by atoms with van der Waals surface area (Å²) in [4.78, 5) is 39.4. The molecule has 0 aliphatic rings. The summed E-state index contributed by atoms with van der Waals surface area (Å²) in [5, 5.41) is 4.92. The summed E-state index contributed by atoms with van der Waals surface area (Å²) in [5.41, 5.74) is 2.43. The first-order valence-corrected chi connectivity index (χ1v) is 9.03. The van der Waals surface area contributed by atoms with Gasteiger partial charge in [-0.2, -0.15) is 0 Å². The first-order valence-electron chi connectivity index (χ1n) is 8.15. The Morgan fingerprint density at radius 2 is 1.81 bits per heavy atom. The van der Waals surface area contributed by atoms with Crippen molar-refractivity contribution in [1.29, 1.82) is 0 Å². The Labute approximate surface area is 159 Å². The number of benzene rings is 2. The third-order valence-electron chi connectivity index (χ3n) is 3.74. The Kier molecular flexibility index (Phi) is 5.73. The standard InChI is InChI=1S/C20H16N2O4S/c1-13(26-19(25)16-9-7-14(11-23)8-10-16)18(24)22-20-21-17(12-27-20)15-5-3-2-4-6-15/h2-13H,1H3,(H,21,22,24). The topological polar surface area (TPSA) is 85.4 Å². The van der Waals surface area contributed by atoms with Gasteiger partial charge in [0.2, 0.25) is 0 Å². The molecular formula is C20H16N2O4S. The Balaban J connectivity index is 1.59. The zero-order valence-corrected chi connectivity index (χ0v) is 15.2. The number of aromatic nitrogens is 1. The molecule has 0 saturated heterocycles. The summed E-state index contributed by atoms with van der Waals surface area (Å²) in [7, 11) is 0. The maximum absolute atomic E-state index is 12.3. The first-order chi connectivity index (χ1) is 13.1. The highest BCUT2D eigenvalue weighted by Crippen LogP contribution is 2.24. The van der Waals surface area contributed by atoms with Crippen molar-refractivity contribution < 1.29 is 19.1 Å². The molecule has 1 atom stereocenters. The zero-order valence-electron chi connectivity index (χ0n) is 14.4. The van der Waals surface area contributed by atoms with E-state index < -0.39 is 18.0 Å². The highest BCUT2D eigenvalue weighted by molar-refractivity contribution is 7.14. The van der Waals surface area contributed by atoms with Gasteiger partial charge in [-0.15, -0.1) is 11.3 Å². The number of amides is 1. The second kappa shape index (κ2) is 8.37. The molecule has 0 radical (unpaired) electrons. The van der Waals surface area contributed by atoms with E-state index in [1.165, 1.54) is 42.5 Å². The van der Waals surface area contributed by atoms with Crippen LogP contribution < -0.4 is 5.32 Å². The molecule has 3 aromatic rings. The molecule has 0 spiro atoms. The lowest BCUT2D eigenvalue weighted by atomic mass is 10.1. The van der Waals surface area contributed by atoms with E-state index in [-0.39, 0.29) is 5.56 Å². The van der Waals surface area contributed by atoms with E-state index in [1.807, 2.05) is 35.7 Å². The van der Waals surface area contributed by atoms with Crippen LogP contribution in [-0.2, 0) is 9.53 Å². The minimum absolute atomic E-state index is 0.265. The summed E-state index contributed by atoms with van der Waals surface area (Å²) in [6.07, 6.45) is -0.310. The molecule has 1 N–H and O–H groups in total. The highest BCUT2D eigenvalue weighted by Gasteiger charge is 2.20. The molecule has 1 heterocycles. The number of carbonyl (C=O) groups is 3. The minimum atomic E-state index is -0.993. The van der Waals surface area contributed by atoms with E-state index in [4.69, 9.17) is 4.74 Å². The van der Waals surface area contributed by atoms with Crippen molar-refractivity contribution in [2.75, 3.05) is 5.32 Å². The fourth-order valence-electron chi connectivity index (χ4n) is 2.26. The van der Waals surface area contributed by atoms with Gasteiger partial charge in [0.1, 0.15) is 6.29 Å². The van der Waals surface area contributed by atoms with E-state index >= 15 is 0 Å². The number of hydrogen-bond donors (Lipinski definition) is 1. The number of ether oxygens (including phenoxy) is 1. The molecule has 2 aromatic carbocycles. The smallest absolute Gasteiger partial charge is 0.338 e. The van der Waals surface area contributed by atoms with E-state index in [0.29, 0.717) is 17.0 Å². The molecule has 27 heavy (non-hydrogen) atoms. The van der Waals surface area contributed by atoms with Crippen LogP contribution >= 0.6 is 11.3 Å². The minimum Gasteiger partial charge on any atom is -0.449 e. The van der Waals surface area contributed by atoms with Crippen LogP contribution in [0.2, 0.25) is 0 Å². The van der Waals surface area contributed by atoms with E-state index in [9.17, 15) is 14.4 Å². The van der Waals surface area contributed by atoms with Gasteiger partial charge < -0.3 is 4.74 Å². The zero-order chi connectivity index (χ0) is 19.2. The summed E-state index contributed by atoms with van der Waals surface area (Å²) < 4.78 is 5.17. The molecule has 1 unspecified atom stereocenters. The lowest BCUT2D eigenvalue weighted by Crippen LogP contribution is -2.29. The molecule has 0 bridgehead atoms. The van der Waals surface area contributed by atoms with Gasteiger partial charge in [0.05, 0.1) is 11.3 Å². The average molecular weight is 380 g/mol. The normalized spacial score (nSPS) is 11.4. The van der Waals surface area contributed by atoms with Gasteiger partial charge in [0.25, 0.3) is 5.91 Å². The molecule has 1 aromatic heterocycles. The summed E-state index contributed by atoms with van der Waals surface area (Å²) in [6, 6.07) is 15.6. The van der Waals surface area contributed by atoms with Gasteiger partial charge in [0.15, 0.2) is 11.2 Å². The van der Waals surface area contributed by atoms with Crippen molar-refractivity contribution in [3.63, 3.8) is 0 Å². The third-order valence-corrected chi connectivity index (χ3v) is 4.50. The average Bonchev–Trinajstić information content (AvgIpc) is 3.17. The number of esters is 1. The molecule has 0 aliphatic heterocycles. The summed E-state index contributed by atoms with van der Waals surface area (Å²) in [6.45, 7) is 1.48. The number of thiazole rings is 1. The molecule has 6 nitrogen and oxygen atoms in total. The molecule has 7 heteroatoms. The Morgan fingerprint density at radius 1 is 1.11 bits per heavy atom. The molecule has 0 fully saturated rings. The fraction of sp³-hybridized carbons (Fsp3) is 0.100. The number of nitrogens with one attached hydrogen (secondary N) is 1.